The minimum absolute atomic E-state index is 0.0259. The first-order valence-corrected chi connectivity index (χ1v) is 10.6. The van der Waals surface area contributed by atoms with E-state index in [0.29, 0.717) is 13.2 Å². The molecule has 0 unspecified atom stereocenters. The second kappa shape index (κ2) is 7.74. The van der Waals surface area contributed by atoms with Crippen molar-refractivity contribution in [2.75, 3.05) is 25.2 Å². The molecule has 0 amide bonds. The van der Waals surface area contributed by atoms with E-state index in [1.165, 1.54) is 0 Å². The molecule has 1 N–H and O–H groups in total. The monoisotopic (exact) mass is 464 g/mol. The van der Waals surface area contributed by atoms with Crippen LogP contribution in [0.25, 0.3) is 22.4 Å². The molecule has 1 aliphatic rings. The van der Waals surface area contributed by atoms with Crippen molar-refractivity contribution in [3.05, 3.63) is 64.8 Å². The molecule has 2 aromatic carbocycles. The van der Waals surface area contributed by atoms with E-state index in [4.69, 9.17) is 14.5 Å². The number of H-pyrrole nitrogens is 1. The van der Waals surface area contributed by atoms with Crippen LogP contribution in [0.4, 0.5) is 11.5 Å². The van der Waals surface area contributed by atoms with Gasteiger partial charge in [0.05, 0.1) is 34.9 Å². The Morgan fingerprint density at radius 2 is 2.13 bits per heavy atom. The summed E-state index contributed by atoms with van der Waals surface area (Å²) in [6.45, 7) is 3.11. The van der Waals surface area contributed by atoms with Crippen molar-refractivity contribution in [2.45, 2.75) is 13.0 Å². The van der Waals surface area contributed by atoms with Gasteiger partial charge in [-0.3, -0.25) is 0 Å². The molecule has 3 heterocycles. The van der Waals surface area contributed by atoms with Crippen molar-refractivity contribution < 1.29 is 9.47 Å². The number of nitrogens with zero attached hydrogens (tertiary/aromatic N) is 3. The molecule has 0 saturated heterocycles. The molecule has 30 heavy (non-hydrogen) atoms. The molecule has 1 aliphatic heterocycles. The summed E-state index contributed by atoms with van der Waals surface area (Å²) in [7, 11) is 1.71. The molecule has 0 aliphatic carbocycles. The summed E-state index contributed by atoms with van der Waals surface area (Å²) in [5.41, 5.74) is 4.88. The zero-order valence-corrected chi connectivity index (χ0v) is 18.3. The standard InChI is InChI=1S/C23H21BrN4O2/c1-14-5-4-10-25-23(14)28-16(12-29-2)13-30-21-17(6-3-7-20(21)28)22-26-18-9-8-15(24)11-19(18)27-22/h3-11,16H,12-13H2,1-2H3,(H,26,27)/t16-/m0/s1. The lowest BCUT2D eigenvalue weighted by molar-refractivity contribution is 0.146. The Kier molecular flexibility index (Phi) is 4.92. The summed E-state index contributed by atoms with van der Waals surface area (Å²) in [5.74, 6) is 2.49. The van der Waals surface area contributed by atoms with Crippen molar-refractivity contribution >= 4 is 38.5 Å². The number of ether oxygens (including phenoxy) is 2. The number of hydrogen-bond acceptors (Lipinski definition) is 5. The fourth-order valence-corrected chi connectivity index (χ4v) is 4.31. The number of rotatable bonds is 4. The fourth-order valence-electron chi connectivity index (χ4n) is 3.94. The Hall–Kier alpha value is -2.90. The zero-order valence-electron chi connectivity index (χ0n) is 16.7. The molecule has 0 saturated carbocycles. The molecule has 152 valence electrons. The lowest BCUT2D eigenvalue weighted by Gasteiger charge is -2.38. The highest BCUT2D eigenvalue weighted by molar-refractivity contribution is 9.10. The molecular weight excluding hydrogens is 444 g/mol. The van der Waals surface area contributed by atoms with Gasteiger partial charge in [0.2, 0.25) is 0 Å². The van der Waals surface area contributed by atoms with Crippen LogP contribution in [-0.2, 0) is 4.74 Å². The second-order valence-corrected chi connectivity index (χ2v) is 8.25. The number of nitrogens with one attached hydrogen (secondary N) is 1. The van der Waals surface area contributed by atoms with Crippen LogP contribution in [0.5, 0.6) is 5.75 Å². The van der Waals surface area contributed by atoms with E-state index in [1.807, 2.05) is 42.6 Å². The molecule has 2 aromatic heterocycles. The number of methoxy groups -OCH3 is 1. The highest BCUT2D eigenvalue weighted by atomic mass is 79.9. The number of hydrogen-bond donors (Lipinski definition) is 1. The van der Waals surface area contributed by atoms with Crippen LogP contribution in [-0.4, -0.2) is 41.3 Å². The molecule has 6 nitrogen and oxygen atoms in total. The molecular formula is C23H21BrN4O2. The van der Waals surface area contributed by atoms with Crippen molar-refractivity contribution in [2.24, 2.45) is 0 Å². The Bertz CT molecular complexity index is 1220. The van der Waals surface area contributed by atoms with Gasteiger partial charge in [-0.1, -0.05) is 28.1 Å². The van der Waals surface area contributed by atoms with Crippen LogP contribution in [0.3, 0.4) is 0 Å². The van der Waals surface area contributed by atoms with Crippen molar-refractivity contribution in [3.8, 4) is 17.1 Å². The van der Waals surface area contributed by atoms with Gasteiger partial charge in [-0.05, 0) is 48.9 Å². The molecule has 4 aromatic rings. The maximum absolute atomic E-state index is 6.27. The van der Waals surface area contributed by atoms with E-state index in [0.717, 1.165) is 49.7 Å². The lowest BCUT2D eigenvalue weighted by Crippen LogP contribution is -2.43. The quantitative estimate of drug-likeness (QED) is 0.447. The molecule has 0 bridgehead atoms. The third-order valence-corrected chi connectivity index (χ3v) is 5.80. The predicted molar refractivity (Wildman–Crippen MR) is 122 cm³/mol. The van der Waals surface area contributed by atoms with E-state index in [1.54, 1.807) is 7.11 Å². The summed E-state index contributed by atoms with van der Waals surface area (Å²) < 4.78 is 12.8. The molecule has 7 heteroatoms. The van der Waals surface area contributed by atoms with Gasteiger partial charge < -0.3 is 19.4 Å². The van der Waals surface area contributed by atoms with Gasteiger partial charge in [0, 0.05) is 17.8 Å². The number of fused-ring (bicyclic) bond motifs is 2. The van der Waals surface area contributed by atoms with E-state index in [2.05, 4.69) is 49.9 Å². The van der Waals surface area contributed by atoms with E-state index >= 15 is 0 Å². The number of imidazole rings is 1. The van der Waals surface area contributed by atoms with Crippen LogP contribution in [0.1, 0.15) is 5.56 Å². The van der Waals surface area contributed by atoms with E-state index in [-0.39, 0.29) is 6.04 Å². The number of pyridine rings is 1. The third kappa shape index (κ3) is 3.24. The van der Waals surface area contributed by atoms with Crippen molar-refractivity contribution in [1.29, 1.82) is 0 Å². The molecule has 0 radical (unpaired) electrons. The number of halogens is 1. The first-order valence-electron chi connectivity index (χ1n) is 9.77. The average Bonchev–Trinajstić information content (AvgIpc) is 3.17. The van der Waals surface area contributed by atoms with E-state index in [9.17, 15) is 0 Å². The zero-order chi connectivity index (χ0) is 20.7. The van der Waals surface area contributed by atoms with Gasteiger partial charge in [-0.2, -0.15) is 0 Å². The Morgan fingerprint density at radius 3 is 2.97 bits per heavy atom. The van der Waals surface area contributed by atoms with Gasteiger partial charge in [-0.15, -0.1) is 0 Å². The summed E-state index contributed by atoms with van der Waals surface area (Å²) in [6.07, 6.45) is 1.82. The van der Waals surface area contributed by atoms with Gasteiger partial charge in [0.1, 0.15) is 18.2 Å². The van der Waals surface area contributed by atoms with Crippen LogP contribution >= 0.6 is 15.9 Å². The number of benzene rings is 2. The maximum Gasteiger partial charge on any atom is 0.154 e. The summed E-state index contributed by atoms with van der Waals surface area (Å²) >= 11 is 3.52. The Labute approximate surface area is 183 Å². The largest absolute Gasteiger partial charge is 0.488 e. The number of aryl methyl sites for hydroxylation is 1. The number of aromatic amines is 1. The lowest BCUT2D eigenvalue weighted by atomic mass is 10.1. The number of aromatic nitrogens is 3. The highest BCUT2D eigenvalue weighted by Gasteiger charge is 2.32. The Balaban J connectivity index is 1.66. The minimum atomic E-state index is 0.0259. The topological polar surface area (TPSA) is 63.3 Å². The predicted octanol–water partition coefficient (Wildman–Crippen LogP) is 5.24. The fraction of sp³-hybridized carbons (Fsp3) is 0.217. The normalized spacial score (nSPS) is 15.8. The molecule has 5 rings (SSSR count). The van der Waals surface area contributed by atoms with Gasteiger partial charge in [0.15, 0.2) is 5.75 Å². The van der Waals surface area contributed by atoms with Crippen molar-refractivity contribution in [3.63, 3.8) is 0 Å². The van der Waals surface area contributed by atoms with Crippen LogP contribution in [0.15, 0.2) is 59.2 Å². The third-order valence-electron chi connectivity index (χ3n) is 5.31. The van der Waals surface area contributed by atoms with E-state index < -0.39 is 0 Å². The highest BCUT2D eigenvalue weighted by Crippen LogP contribution is 2.44. The summed E-state index contributed by atoms with van der Waals surface area (Å²) in [5, 5.41) is 0. The molecule has 1 atom stereocenters. The minimum Gasteiger partial charge on any atom is -0.488 e. The summed E-state index contributed by atoms with van der Waals surface area (Å²) in [4.78, 5) is 15.1. The molecule has 0 spiro atoms. The molecule has 0 fully saturated rings. The van der Waals surface area contributed by atoms with Crippen molar-refractivity contribution in [1.82, 2.24) is 15.0 Å². The summed E-state index contributed by atoms with van der Waals surface area (Å²) in [6, 6.07) is 16.2. The SMILES string of the molecule is COC[C@H]1COc2c(-c3nc4ccc(Br)cc4[nH]3)cccc2N1c1ncccc1C. The first kappa shape index (κ1) is 19.1. The Morgan fingerprint density at radius 1 is 1.23 bits per heavy atom. The van der Waals surface area contributed by atoms with Gasteiger partial charge >= 0.3 is 0 Å². The van der Waals surface area contributed by atoms with Crippen LogP contribution in [0.2, 0.25) is 0 Å². The van der Waals surface area contributed by atoms with Gasteiger partial charge in [-0.25, -0.2) is 9.97 Å². The van der Waals surface area contributed by atoms with Gasteiger partial charge in [0.25, 0.3) is 0 Å². The number of para-hydroxylation sites is 1. The number of anilines is 2. The average molecular weight is 465 g/mol. The second-order valence-electron chi connectivity index (χ2n) is 7.33. The first-order chi connectivity index (χ1) is 14.7. The smallest absolute Gasteiger partial charge is 0.154 e. The van der Waals surface area contributed by atoms with Crippen LogP contribution in [0, 0.1) is 6.92 Å². The maximum atomic E-state index is 6.27. The van der Waals surface area contributed by atoms with Crippen LogP contribution < -0.4 is 9.64 Å².